The molecule has 4 saturated carbocycles. The number of aliphatic hydroxyl groups excluding tert-OH is 1. The molecule has 0 aliphatic heterocycles. The lowest BCUT2D eigenvalue weighted by Gasteiger charge is -2.71. The molecular weight excluding hydrogens is 420 g/mol. The third-order valence-electron chi connectivity index (χ3n) is 13.6. The highest BCUT2D eigenvalue weighted by Gasteiger charge is 2.69. The molecule has 0 amide bonds. The summed E-state index contributed by atoms with van der Waals surface area (Å²) < 4.78 is 5.51. The SMILES string of the molecule is COC(=O)[C@]12CC[C@@H](C)[C@H](C)[C@H]1C1=CCC3[C@@]4(C)CC[C@H](O)C(C)(C)[C@@H]4CC[C@@]3(C)[C@]1(C)CC2. The fraction of sp³-hybridized carbons (Fsp3) is 0.903. The van der Waals surface area contributed by atoms with Crippen LogP contribution in [0.4, 0.5) is 0 Å². The van der Waals surface area contributed by atoms with Gasteiger partial charge in [-0.1, -0.05) is 60.1 Å². The van der Waals surface area contributed by atoms with Crippen LogP contribution in [-0.2, 0) is 9.53 Å². The average Bonchev–Trinajstić information content (AvgIpc) is 2.79. The first-order valence-corrected chi connectivity index (χ1v) is 14.3. The van der Waals surface area contributed by atoms with E-state index in [9.17, 15) is 9.90 Å². The molecule has 1 N–H and O–H groups in total. The molecule has 1 unspecified atom stereocenters. The molecule has 0 bridgehead atoms. The molecule has 4 fully saturated rings. The van der Waals surface area contributed by atoms with Gasteiger partial charge in [0, 0.05) is 0 Å². The lowest BCUT2D eigenvalue weighted by Crippen LogP contribution is -2.65. The van der Waals surface area contributed by atoms with Crippen LogP contribution in [0.3, 0.4) is 0 Å². The Morgan fingerprint density at radius 2 is 1.65 bits per heavy atom. The molecule has 10 atom stereocenters. The zero-order valence-electron chi connectivity index (χ0n) is 23.2. The number of allylic oxidation sites excluding steroid dienone is 2. The molecule has 0 saturated heterocycles. The molecule has 5 rings (SSSR count). The first-order valence-electron chi connectivity index (χ1n) is 14.3. The third kappa shape index (κ3) is 2.83. The lowest BCUT2D eigenvalue weighted by atomic mass is 9.33. The molecule has 0 spiro atoms. The zero-order valence-corrected chi connectivity index (χ0v) is 23.2. The van der Waals surface area contributed by atoms with Crippen molar-refractivity contribution in [1.29, 1.82) is 0 Å². The first-order chi connectivity index (χ1) is 15.8. The molecular formula is C31H50O3. The van der Waals surface area contributed by atoms with Crippen LogP contribution >= 0.6 is 0 Å². The second kappa shape index (κ2) is 7.59. The Hall–Kier alpha value is -0.830. The summed E-state index contributed by atoms with van der Waals surface area (Å²) in [4.78, 5) is 13.4. The van der Waals surface area contributed by atoms with Crippen molar-refractivity contribution in [3.05, 3.63) is 11.6 Å². The van der Waals surface area contributed by atoms with Crippen molar-refractivity contribution in [2.75, 3.05) is 7.11 Å². The van der Waals surface area contributed by atoms with Crippen LogP contribution in [0.2, 0.25) is 0 Å². The van der Waals surface area contributed by atoms with Gasteiger partial charge in [0.2, 0.25) is 0 Å². The van der Waals surface area contributed by atoms with E-state index in [0.29, 0.717) is 29.6 Å². The standard InChI is InChI=1S/C31H50O3/c1-19-11-16-31(26(33)34-8)18-17-29(6)21(25(31)20(19)2)9-10-23-28(5)14-13-24(32)27(3,4)22(28)12-15-30(23,29)7/h9,19-20,22-25,32H,10-18H2,1-8H3/t19-,20+,22+,23?,24+,25+,28+,29-,30-,31+/m1/s1. The van der Waals surface area contributed by atoms with Crippen molar-refractivity contribution in [1.82, 2.24) is 0 Å². The van der Waals surface area contributed by atoms with E-state index in [-0.39, 0.29) is 39.1 Å². The Balaban J connectivity index is 1.61. The number of hydrogen-bond acceptors (Lipinski definition) is 3. The minimum Gasteiger partial charge on any atom is -0.469 e. The molecule has 0 aromatic heterocycles. The number of hydrogen-bond donors (Lipinski definition) is 1. The van der Waals surface area contributed by atoms with E-state index in [1.807, 2.05) is 0 Å². The number of ether oxygens (including phenoxy) is 1. The number of carbonyl (C=O) groups excluding carboxylic acids is 1. The largest absolute Gasteiger partial charge is 0.469 e. The molecule has 0 heterocycles. The highest BCUT2D eigenvalue weighted by atomic mass is 16.5. The topological polar surface area (TPSA) is 46.5 Å². The predicted molar refractivity (Wildman–Crippen MR) is 137 cm³/mol. The minimum atomic E-state index is -0.326. The molecule has 192 valence electrons. The van der Waals surface area contributed by atoms with Gasteiger partial charge in [0.05, 0.1) is 18.6 Å². The van der Waals surface area contributed by atoms with E-state index >= 15 is 0 Å². The van der Waals surface area contributed by atoms with Crippen molar-refractivity contribution in [2.24, 2.45) is 56.7 Å². The van der Waals surface area contributed by atoms with Crippen molar-refractivity contribution >= 4 is 5.97 Å². The summed E-state index contributed by atoms with van der Waals surface area (Å²) in [6.45, 7) is 17.2. The van der Waals surface area contributed by atoms with E-state index in [1.54, 1.807) is 12.7 Å². The summed E-state index contributed by atoms with van der Waals surface area (Å²) in [5.74, 6) is 2.73. The fourth-order valence-electron chi connectivity index (χ4n) is 11.0. The number of rotatable bonds is 1. The van der Waals surface area contributed by atoms with Crippen LogP contribution < -0.4 is 0 Å². The highest BCUT2D eigenvalue weighted by molar-refractivity contribution is 5.78. The van der Waals surface area contributed by atoms with Crippen LogP contribution in [0.25, 0.3) is 0 Å². The summed E-state index contributed by atoms with van der Waals surface area (Å²) in [6, 6.07) is 0. The van der Waals surface area contributed by atoms with E-state index < -0.39 is 0 Å². The van der Waals surface area contributed by atoms with Crippen molar-refractivity contribution < 1.29 is 14.6 Å². The number of fused-ring (bicyclic) bond motifs is 7. The van der Waals surface area contributed by atoms with Crippen LogP contribution in [-0.4, -0.2) is 24.3 Å². The molecule has 5 aliphatic carbocycles. The van der Waals surface area contributed by atoms with E-state index in [2.05, 4.69) is 54.5 Å². The van der Waals surface area contributed by atoms with Gasteiger partial charge in [0.15, 0.2) is 0 Å². The fourth-order valence-corrected chi connectivity index (χ4v) is 11.0. The van der Waals surface area contributed by atoms with Crippen molar-refractivity contribution in [3.63, 3.8) is 0 Å². The molecule has 3 nitrogen and oxygen atoms in total. The van der Waals surface area contributed by atoms with Gasteiger partial charge in [-0.05, 0) is 109 Å². The highest BCUT2D eigenvalue weighted by Crippen LogP contribution is 2.75. The summed E-state index contributed by atoms with van der Waals surface area (Å²) in [6.07, 6.45) is 12.3. The van der Waals surface area contributed by atoms with E-state index in [1.165, 1.54) is 12.8 Å². The second-order valence-electron chi connectivity index (χ2n) is 14.7. The van der Waals surface area contributed by atoms with Gasteiger partial charge < -0.3 is 9.84 Å². The van der Waals surface area contributed by atoms with Gasteiger partial charge in [-0.15, -0.1) is 0 Å². The predicted octanol–water partition coefficient (Wildman–Crippen LogP) is 7.18. The molecule has 0 aromatic carbocycles. The summed E-state index contributed by atoms with van der Waals surface area (Å²) in [5, 5.41) is 10.9. The van der Waals surface area contributed by atoms with Crippen LogP contribution in [0.15, 0.2) is 11.6 Å². The molecule has 0 aromatic rings. The maximum Gasteiger partial charge on any atom is 0.312 e. The Bertz CT molecular complexity index is 889. The monoisotopic (exact) mass is 470 g/mol. The molecule has 5 aliphatic rings. The van der Waals surface area contributed by atoms with Crippen LogP contribution in [0, 0.1) is 56.7 Å². The van der Waals surface area contributed by atoms with Crippen molar-refractivity contribution in [2.45, 2.75) is 112 Å². The smallest absolute Gasteiger partial charge is 0.312 e. The normalized spacial score (nSPS) is 54.0. The molecule has 0 radical (unpaired) electrons. The Morgan fingerprint density at radius 3 is 2.32 bits per heavy atom. The molecule has 34 heavy (non-hydrogen) atoms. The van der Waals surface area contributed by atoms with Gasteiger partial charge in [0.1, 0.15) is 0 Å². The van der Waals surface area contributed by atoms with Gasteiger partial charge in [-0.2, -0.15) is 0 Å². The molecule has 3 heteroatoms. The second-order valence-corrected chi connectivity index (χ2v) is 14.7. The Morgan fingerprint density at radius 1 is 0.941 bits per heavy atom. The summed E-state index contributed by atoms with van der Waals surface area (Å²) in [7, 11) is 1.60. The first kappa shape index (κ1) is 24.8. The van der Waals surface area contributed by atoms with E-state index in [0.717, 1.165) is 44.9 Å². The number of esters is 1. The van der Waals surface area contributed by atoms with Gasteiger partial charge in [-0.3, -0.25) is 4.79 Å². The van der Waals surface area contributed by atoms with Crippen molar-refractivity contribution in [3.8, 4) is 0 Å². The number of carbonyl (C=O) groups is 1. The quantitative estimate of drug-likeness (QED) is 0.326. The summed E-state index contributed by atoms with van der Waals surface area (Å²) in [5.41, 5.74) is 1.91. The van der Waals surface area contributed by atoms with E-state index in [4.69, 9.17) is 4.74 Å². The zero-order chi connectivity index (χ0) is 24.9. The Labute approximate surface area is 208 Å². The van der Waals surface area contributed by atoms with Crippen LogP contribution in [0.5, 0.6) is 0 Å². The van der Waals surface area contributed by atoms with Gasteiger partial charge in [0.25, 0.3) is 0 Å². The number of methoxy groups -OCH3 is 1. The number of aliphatic hydroxyl groups is 1. The average molecular weight is 471 g/mol. The van der Waals surface area contributed by atoms with Gasteiger partial charge in [-0.25, -0.2) is 0 Å². The maximum atomic E-state index is 13.4. The van der Waals surface area contributed by atoms with Crippen LogP contribution in [0.1, 0.15) is 106 Å². The Kier molecular flexibility index (Phi) is 5.55. The third-order valence-corrected chi connectivity index (χ3v) is 13.6. The van der Waals surface area contributed by atoms with Gasteiger partial charge >= 0.3 is 5.97 Å². The minimum absolute atomic E-state index is 0.0147. The lowest BCUT2D eigenvalue weighted by molar-refractivity contribution is -0.207. The summed E-state index contributed by atoms with van der Waals surface area (Å²) >= 11 is 0. The maximum absolute atomic E-state index is 13.4.